The van der Waals surface area contributed by atoms with Gasteiger partial charge in [0.15, 0.2) is 0 Å². The van der Waals surface area contributed by atoms with Gasteiger partial charge in [-0.3, -0.25) is 0 Å². The zero-order chi connectivity index (χ0) is 9.14. The molecule has 1 fully saturated rings. The standard InChI is InChI=1S/C10H18O2/c1-7(9(3)11)6-10-5-4-8(2)12-10/h6,8-11H,4-5H2,1-3H3. The number of hydrogen-bond donors (Lipinski definition) is 1. The highest BCUT2D eigenvalue weighted by Crippen LogP contribution is 2.21. The van der Waals surface area contributed by atoms with Crippen molar-refractivity contribution in [2.24, 2.45) is 0 Å². The molecule has 1 aliphatic heterocycles. The van der Waals surface area contributed by atoms with Crippen molar-refractivity contribution in [3.05, 3.63) is 11.6 Å². The number of aliphatic hydroxyl groups excluding tert-OH is 1. The normalized spacial score (nSPS) is 33.8. The molecule has 1 saturated heterocycles. The molecular weight excluding hydrogens is 152 g/mol. The van der Waals surface area contributed by atoms with E-state index in [1.165, 1.54) is 0 Å². The summed E-state index contributed by atoms with van der Waals surface area (Å²) >= 11 is 0. The molecule has 1 aliphatic rings. The summed E-state index contributed by atoms with van der Waals surface area (Å²) in [5, 5.41) is 9.22. The minimum absolute atomic E-state index is 0.231. The van der Waals surface area contributed by atoms with Gasteiger partial charge in [0.1, 0.15) is 0 Å². The van der Waals surface area contributed by atoms with Gasteiger partial charge in [-0.2, -0.15) is 0 Å². The number of hydrogen-bond acceptors (Lipinski definition) is 2. The lowest BCUT2D eigenvalue weighted by molar-refractivity contribution is 0.0818. The fraction of sp³-hybridized carbons (Fsp3) is 0.800. The van der Waals surface area contributed by atoms with E-state index in [9.17, 15) is 5.11 Å². The molecule has 1 heterocycles. The lowest BCUT2D eigenvalue weighted by Crippen LogP contribution is -2.09. The van der Waals surface area contributed by atoms with Crippen LogP contribution in [0.5, 0.6) is 0 Å². The van der Waals surface area contributed by atoms with Crippen molar-refractivity contribution in [2.75, 3.05) is 0 Å². The van der Waals surface area contributed by atoms with E-state index < -0.39 is 0 Å². The van der Waals surface area contributed by atoms with Crippen LogP contribution in [0.15, 0.2) is 11.6 Å². The Kier molecular flexibility index (Phi) is 3.29. The Balaban J connectivity index is 2.45. The Morgan fingerprint density at radius 2 is 2.25 bits per heavy atom. The minimum atomic E-state index is -0.343. The molecule has 0 spiro atoms. The van der Waals surface area contributed by atoms with E-state index in [-0.39, 0.29) is 12.2 Å². The van der Waals surface area contributed by atoms with E-state index in [1.54, 1.807) is 6.92 Å². The van der Waals surface area contributed by atoms with Crippen LogP contribution in [0.3, 0.4) is 0 Å². The quantitative estimate of drug-likeness (QED) is 0.641. The van der Waals surface area contributed by atoms with Gasteiger partial charge in [0, 0.05) is 0 Å². The van der Waals surface area contributed by atoms with Crippen LogP contribution in [-0.4, -0.2) is 23.4 Å². The summed E-state index contributed by atoms with van der Waals surface area (Å²) in [6.45, 7) is 5.81. The lowest BCUT2D eigenvalue weighted by atomic mass is 10.1. The number of rotatable bonds is 2. The zero-order valence-corrected chi connectivity index (χ0v) is 8.08. The van der Waals surface area contributed by atoms with Gasteiger partial charge in [0.25, 0.3) is 0 Å². The van der Waals surface area contributed by atoms with Gasteiger partial charge in [-0.05, 0) is 39.2 Å². The first-order valence-electron chi connectivity index (χ1n) is 4.61. The highest BCUT2D eigenvalue weighted by atomic mass is 16.5. The molecular formula is C10H18O2. The van der Waals surface area contributed by atoms with Crippen molar-refractivity contribution < 1.29 is 9.84 Å². The second kappa shape index (κ2) is 4.06. The SMILES string of the molecule is CC(=CC1CCC(C)O1)C(C)O. The minimum Gasteiger partial charge on any atom is -0.389 e. The van der Waals surface area contributed by atoms with Gasteiger partial charge >= 0.3 is 0 Å². The van der Waals surface area contributed by atoms with E-state index in [0.717, 1.165) is 18.4 Å². The summed E-state index contributed by atoms with van der Waals surface area (Å²) < 4.78 is 5.59. The summed E-state index contributed by atoms with van der Waals surface area (Å²) in [4.78, 5) is 0. The summed E-state index contributed by atoms with van der Waals surface area (Å²) in [6.07, 6.45) is 4.53. The Labute approximate surface area is 74.2 Å². The molecule has 0 aromatic rings. The van der Waals surface area contributed by atoms with Crippen LogP contribution < -0.4 is 0 Å². The molecule has 1 rings (SSSR count). The molecule has 3 unspecified atom stereocenters. The summed E-state index contributed by atoms with van der Waals surface area (Å²) in [6, 6.07) is 0. The average molecular weight is 170 g/mol. The van der Waals surface area contributed by atoms with Crippen molar-refractivity contribution >= 4 is 0 Å². The first-order valence-corrected chi connectivity index (χ1v) is 4.61. The predicted octanol–water partition coefficient (Wildman–Crippen LogP) is 1.88. The average Bonchev–Trinajstić information content (AvgIpc) is 2.35. The van der Waals surface area contributed by atoms with Crippen molar-refractivity contribution in [2.45, 2.75) is 51.9 Å². The predicted molar refractivity (Wildman–Crippen MR) is 49.0 cm³/mol. The van der Waals surface area contributed by atoms with Crippen LogP contribution in [0.25, 0.3) is 0 Å². The van der Waals surface area contributed by atoms with Crippen LogP contribution in [0.1, 0.15) is 33.6 Å². The summed E-state index contributed by atoms with van der Waals surface area (Å²) in [7, 11) is 0. The van der Waals surface area contributed by atoms with Crippen LogP contribution in [0.2, 0.25) is 0 Å². The van der Waals surface area contributed by atoms with Crippen molar-refractivity contribution in [1.29, 1.82) is 0 Å². The van der Waals surface area contributed by atoms with Gasteiger partial charge in [0.05, 0.1) is 18.3 Å². The zero-order valence-electron chi connectivity index (χ0n) is 8.08. The molecule has 0 aliphatic carbocycles. The molecule has 0 amide bonds. The Bertz CT molecular complexity index is 173. The Morgan fingerprint density at radius 1 is 1.58 bits per heavy atom. The van der Waals surface area contributed by atoms with Gasteiger partial charge < -0.3 is 9.84 Å². The van der Waals surface area contributed by atoms with Crippen LogP contribution in [-0.2, 0) is 4.74 Å². The van der Waals surface area contributed by atoms with Crippen LogP contribution in [0, 0.1) is 0 Å². The summed E-state index contributed by atoms with van der Waals surface area (Å²) in [5.41, 5.74) is 1.01. The molecule has 70 valence electrons. The third-order valence-corrected chi connectivity index (χ3v) is 2.37. The van der Waals surface area contributed by atoms with E-state index in [4.69, 9.17) is 4.74 Å². The van der Waals surface area contributed by atoms with Gasteiger partial charge in [-0.25, -0.2) is 0 Å². The Hall–Kier alpha value is -0.340. The fourth-order valence-corrected chi connectivity index (χ4v) is 1.39. The third kappa shape index (κ3) is 2.61. The fourth-order valence-electron chi connectivity index (χ4n) is 1.39. The molecule has 12 heavy (non-hydrogen) atoms. The third-order valence-electron chi connectivity index (χ3n) is 2.37. The van der Waals surface area contributed by atoms with Gasteiger partial charge in [0.2, 0.25) is 0 Å². The molecule has 1 N–H and O–H groups in total. The molecule has 2 heteroatoms. The lowest BCUT2D eigenvalue weighted by Gasteiger charge is -2.09. The Morgan fingerprint density at radius 3 is 2.67 bits per heavy atom. The second-order valence-electron chi connectivity index (χ2n) is 3.65. The van der Waals surface area contributed by atoms with E-state index in [2.05, 4.69) is 6.92 Å². The van der Waals surface area contributed by atoms with Crippen LogP contribution in [0.4, 0.5) is 0 Å². The van der Waals surface area contributed by atoms with Gasteiger partial charge in [-0.1, -0.05) is 6.08 Å². The largest absolute Gasteiger partial charge is 0.389 e. The molecule has 0 radical (unpaired) electrons. The first-order chi connectivity index (χ1) is 5.59. The maximum atomic E-state index is 9.22. The van der Waals surface area contributed by atoms with Crippen LogP contribution >= 0.6 is 0 Å². The second-order valence-corrected chi connectivity index (χ2v) is 3.65. The smallest absolute Gasteiger partial charge is 0.0763 e. The number of ether oxygens (including phenoxy) is 1. The van der Waals surface area contributed by atoms with E-state index in [0.29, 0.717) is 6.10 Å². The van der Waals surface area contributed by atoms with Crippen molar-refractivity contribution in [3.8, 4) is 0 Å². The topological polar surface area (TPSA) is 29.5 Å². The molecule has 0 saturated carbocycles. The molecule has 0 aromatic heterocycles. The highest BCUT2D eigenvalue weighted by Gasteiger charge is 2.19. The summed E-state index contributed by atoms with van der Waals surface area (Å²) in [5.74, 6) is 0. The molecule has 0 aromatic carbocycles. The van der Waals surface area contributed by atoms with Gasteiger partial charge in [-0.15, -0.1) is 0 Å². The molecule has 0 bridgehead atoms. The maximum absolute atomic E-state index is 9.22. The van der Waals surface area contributed by atoms with Crippen molar-refractivity contribution in [3.63, 3.8) is 0 Å². The highest BCUT2D eigenvalue weighted by molar-refractivity contribution is 5.07. The monoisotopic (exact) mass is 170 g/mol. The molecule has 2 nitrogen and oxygen atoms in total. The first kappa shape index (κ1) is 9.75. The van der Waals surface area contributed by atoms with E-state index in [1.807, 2.05) is 13.0 Å². The van der Waals surface area contributed by atoms with Crippen molar-refractivity contribution in [1.82, 2.24) is 0 Å². The van der Waals surface area contributed by atoms with E-state index >= 15 is 0 Å². The maximum Gasteiger partial charge on any atom is 0.0763 e. The molecule has 3 atom stereocenters. The number of aliphatic hydroxyl groups is 1.